The Morgan fingerprint density at radius 3 is 1.71 bits per heavy atom. The van der Waals surface area contributed by atoms with Crippen molar-refractivity contribution >= 4 is 43.7 Å². The van der Waals surface area contributed by atoms with Crippen molar-refractivity contribution in [3.63, 3.8) is 0 Å². The topological polar surface area (TPSA) is 56.7 Å². The van der Waals surface area contributed by atoms with Crippen LogP contribution in [0.3, 0.4) is 0 Å². The van der Waals surface area contributed by atoms with Gasteiger partial charge in [0.05, 0.1) is 38.7 Å². The fourth-order valence-corrected chi connectivity index (χ4v) is 9.03. The van der Waals surface area contributed by atoms with E-state index >= 15 is 0 Å². The Labute approximate surface area is 409 Å². The molecule has 3 heterocycles. The summed E-state index contributed by atoms with van der Waals surface area (Å²) in [6, 6.07) is 46.6. The largest absolute Gasteiger partial charge is 0.456 e. The SMILES string of the molecule is [2H]c1c([2H])c([2H])c(-c2c([2H])c([2H])c3c(c2[2H])c2c([2H])c([2H])c([2H])c([2H])c2n3-c2cccc(-c3cc(-c4ccccc4)cc(-c4ccccc4)c3)c2-c2nc(-c3ccccc3)nc(-c3ccc4c(c3)oc3ccccc34)n2)c([2H])c1[2H]. The zero-order valence-electron chi connectivity index (χ0n) is 47.9. The lowest BCUT2D eigenvalue weighted by atomic mass is 9.90. The number of rotatable bonds is 8. The highest BCUT2D eigenvalue weighted by molar-refractivity contribution is 6.11. The number of aromatic nitrogens is 4. The van der Waals surface area contributed by atoms with E-state index in [1.165, 1.54) is 4.57 Å². The maximum atomic E-state index is 9.96. The highest BCUT2D eigenvalue weighted by atomic mass is 16.3. The number of furan rings is 1. The van der Waals surface area contributed by atoms with Crippen LogP contribution in [-0.4, -0.2) is 19.5 Å². The van der Waals surface area contributed by atoms with E-state index in [4.69, 9.17) is 29.0 Å². The van der Waals surface area contributed by atoms with Crippen molar-refractivity contribution in [3.8, 4) is 84.4 Å². The molecule has 13 rings (SSSR count). The van der Waals surface area contributed by atoms with Gasteiger partial charge in [0.15, 0.2) is 17.5 Å². The molecule has 318 valence electrons. The van der Waals surface area contributed by atoms with E-state index in [-0.39, 0.29) is 45.0 Å². The number of nitrogens with zero attached hydrogens (tertiary/aromatic N) is 4. The molecule has 5 heteroatoms. The number of hydrogen-bond acceptors (Lipinski definition) is 4. The molecule has 0 aliphatic heterocycles. The van der Waals surface area contributed by atoms with Crippen LogP contribution in [0.2, 0.25) is 0 Å². The molecule has 0 N–H and O–H groups in total. The molecule has 68 heavy (non-hydrogen) atoms. The first kappa shape index (κ1) is 28.7. The monoisotopic (exact) mass is 880 g/mol. The molecular weight excluding hydrogens is 829 g/mol. The van der Waals surface area contributed by atoms with E-state index < -0.39 is 83.6 Å². The molecule has 0 bridgehead atoms. The van der Waals surface area contributed by atoms with Crippen LogP contribution < -0.4 is 0 Å². The molecule has 0 atom stereocenters. The molecule has 0 saturated carbocycles. The van der Waals surface area contributed by atoms with Gasteiger partial charge >= 0.3 is 0 Å². The number of benzene rings is 10. The second-order valence-electron chi connectivity index (χ2n) is 16.2. The molecule has 0 unspecified atom stereocenters. The minimum atomic E-state index is -0.715. The van der Waals surface area contributed by atoms with Crippen molar-refractivity contribution in [3.05, 3.63) is 242 Å². The Hall–Kier alpha value is -9.19. The average molecular weight is 881 g/mol. The maximum absolute atomic E-state index is 9.96. The molecule has 3 aromatic heterocycles. The lowest BCUT2D eigenvalue weighted by Crippen LogP contribution is -2.05. The standard InChI is InChI=1S/C63H40N4O/c1-5-18-41(19-6-1)45-33-35-56-54(39-45)51-26-13-15-29-55(51)67(56)57-30-17-28-50(49-37-47(42-20-7-2-8-21-42)36-48(38-49)43-22-9-3-10-23-43)60(57)63-65-61(44-24-11-4-12-25-44)64-62(66-63)46-32-34-53-52-27-14-16-31-58(52)68-59(53)40-46/h1-40H/i1D,5D,6D,13D,15D,18D,19D,26D,29D,33D,35D,39D. The zero-order chi connectivity index (χ0) is 55.4. The van der Waals surface area contributed by atoms with Crippen molar-refractivity contribution in [2.45, 2.75) is 0 Å². The van der Waals surface area contributed by atoms with Crippen LogP contribution in [0.15, 0.2) is 247 Å². The van der Waals surface area contributed by atoms with E-state index in [2.05, 4.69) is 6.07 Å². The third-order valence-corrected chi connectivity index (χ3v) is 12.2. The van der Waals surface area contributed by atoms with Crippen molar-refractivity contribution in [1.29, 1.82) is 0 Å². The summed E-state index contributed by atoms with van der Waals surface area (Å²) >= 11 is 0. The van der Waals surface area contributed by atoms with E-state index in [0.717, 1.165) is 33.0 Å². The summed E-state index contributed by atoms with van der Waals surface area (Å²) in [5.41, 5.74) is 6.61. The van der Waals surface area contributed by atoms with Crippen LogP contribution in [0.1, 0.15) is 16.4 Å². The van der Waals surface area contributed by atoms with Gasteiger partial charge in [-0.15, -0.1) is 0 Å². The molecular formula is C63H40N4O. The summed E-state index contributed by atoms with van der Waals surface area (Å²) in [6.45, 7) is 0. The molecule has 0 radical (unpaired) electrons. The quantitative estimate of drug-likeness (QED) is 0.153. The lowest BCUT2D eigenvalue weighted by Gasteiger charge is -2.19. The van der Waals surface area contributed by atoms with E-state index in [0.29, 0.717) is 39.0 Å². The molecule has 0 aliphatic rings. The first-order chi connectivity index (χ1) is 38.7. The van der Waals surface area contributed by atoms with Gasteiger partial charge < -0.3 is 8.98 Å². The van der Waals surface area contributed by atoms with Gasteiger partial charge in [0.25, 0.3) is 0 Å². The Kier molecular flexibility index (Phi) is 6.89. The maximum Gasteiger partial charge on any atom is 0.166 e. The zero-order valence-corrected chi connectivity index (χ0v) is 35.9. The highest BCUT2D eigenvalue weighted by Gasteiger charge is 2.24. The minimum absolute atomic E-state index is 0.117. The van der Waals surface area contributed by atoms with Crippen molar-refractivity contribution < 1.29 is 20.9 Å². The van der Waals surface area contributed by atoms with E-state index in [1.54, 1.807) is 12.1 Å². The summed E-state index contributed by atoms with van der Waals surface area (Å²) in [7, 11) is 0. The predicted molar refractivity (Wildman–Crippen MR) is 279 cm³/mol. The first-order valence-corrected chi connectivity index (χ1v) is 21.9. The third kappa shape index (κ3) is 6.84. The van der Waals surface area contributed by atoms with Crippen LogP contribution in [0.5, 0.6) is 0 Å². The normalized spacial score (nSPS) is 14.0. The Bertz CT molecular complexity index is 4650. The van der Waals surface area contributed by atoms with Crippen LogP contribution in [0.4, 0.5) is 0 Å². The first-order valence-electron chi connectivity index (χ1n) is 27.9. The summed E-state index contributed by atoms with van der Waals surface area (Å²) in [6.07, 6.45) is 0. The molecule has 0 amide bonds. The van der Waals surface area contributed by atoms with Gasteiger partial charge in [-0.2, -0.15) is 0 Å². The Morgan fingerprint density at radius 1 is 0.353 bits per heavy atom. The number of fused-ring (bicyclic) bond motifs is 6. The van der Waals surface area contributed by atoms with Gasteiger partial charge in [-0.05, 0) is 105 Å². The van der Waals surface area contributed by atoms with Gasteiger partial charge in [-0.1, -0.05) is 182 Å². The Balaban J connectivity index is 1.20. The van der Waals surface area contributed by atoms with Crippen molar-refractivity contribution in [1.82, 2.24) is 19.5 Å². The second kappa shape index (κ2) is 16.4. The van der Waals surface area contributed by atoms with Crippen LogP contribution in [0, 0.1) is 0 Å². The molecule has 5 nitrogen and oxygen atoms in total. The summed E-state index contributed by atoms with van der Waals surface area (Å²) in [5.74, 6) is 0.663. The van der Waals surface area contributed by atoms with E-state index in [1.807, 2.05) is 152 Å². The molecule has 0 fully saturated rings. The number of para-hydroxylation sites is 2. The number of hydrogen-bond donors (Lipinski definition) is 0. The molecule has 13 aromatic rings. The van der Waals surface area contributed by atoms with Crippen molar-refractivity contribution in [2.24, 2.45) is 0 Å². The fourth-order valence-electron chi connectivity index (χ4n) is 9.03. The molecule has 0 spiro atoms. The van der Waals surface area contributed by atoms with Gasteiger partial charge in [0.2, 0.25) is 0 Å². The summed E-state index contributed by atoms with van der Waals surface area (Å²) in [5, 5.41) is 1.43. The minimum Gasteiger partial charge on any atom is -0.456 e. The van der Waals surface area contributed by atoms with Gasteiger partial charge in [0.1, 0.15) is 11.2 Å². The summed E-state index contributed by atoms with van der Waals surface area (Å²) in [4.78, 5) is 15.7. The lowest BCUT2D eigenvalue weighted by molar-refractivity contribution is 0.669. The van der Waals surface area contributed by atoms with Gasteiger partial charge in [-0.3, -0.25) is 0 Å². The smallest absolute Gasteiger partial charge is 0.166 e. The second-order valence-corrected chi connectivity index (χ2v) is 16.2. The van der Waals surface area contributed by atoms with Crippen LogP contribution in [0.25, 0.3) is 128 Å². The van der Waals surface area contributed by atoms with Crippen LogP contribution >= 0.6 is 0 Å². The average Bonchev–Trinajstić information content (AvgIpc) is 4.23. The summed E-state index contributed by atoms with van der Waals surface area (Å²) < 4.78 is 118. The van der Waals surface area contributed by atoms with E-state index in [9.17, 15) is 6.85 Å². The predicted octanol–water partition coefficient (Wildman–Crippen LogP) is 16.5. The van der Waals surface area contributed by atoms with Crippen molar-refractivity contribution in [2.75, 3.05) is 0 Å². The molecule has 0 saturated heterocycles. The Morgan fingerprint density at radius 2 is 0.956 bits per heavy atom. The third-order valence-electron chi connectivity index (χ3n) is 12.2. The molecule has 0 aliphatic carbocycles. The molecule has 10 aromatic carbocycles. The fraction of sp³-hybridized carbons (Fsp3) is 0. The van der Waals surface area contributed by atoms with Crippen LogP contribution in [-0.2, 0) is 0 Å². The van der Waals surface area contributed by atoms with Gasteiger partial charge in [0, 0.05) is 32.7 Å². The highest BCUT2D eigenvalue weighted by Crippen LogP contribution is 2.44. The van der Waals surface area contributed by atoms with Gasteiger partial charge in [-0.25, -0.2) is 15.0 Å².